The molecule has 0 radical (unpaired) electrons. The molecule has 16 heavy (non-hydrogen) atoms. The molecule has 1 aromatic carbocycles. The zero-order chi connectivity index (χ0) is 10.7. The van der Waals surface area contributed by atoms with E-state index in [0.29, 0.717) is 6.10 Å². The van der Waals surface area contributed by atoms with E-state index in [1.807, 2.05) is 18.2 Å². The van der Waals surface area contributed by atoms with E-state index in [9.17, 15) is 0 Å². The largest absolute Gasteiger partial charge is 0.489 e. The van der Waals surface area contributed by atoms with E-state index in [1.54, 1.807) is 0 Å². The summed E-state index contributed by atoms with van der Waals surface area (Å²) >= 11 is 6.05. The van der Waals surface area contributed by atoms with Crippen LogP contribution in [0.3, 0.4) is 0 Å². The zero-order valence-corrected chi connectivity index (χ0v) is 10.9. The average Bonchev–Trinajstić information content (AvgIpc) is 2.73. The Bertz CT molecular complexity index is 338. The van der Waals surface area contributed by atoms with Gasteiger partial charge in [0, 0.05) is 11.6 Å². The predicted octanol–water partition coefficient (Wildman–Crippen LogP) is 3.06. The van der Waals surface area contributed by atoms with Crippen molar-refractivity contribution in [3.63, 3.8) is 0 Å². The molecule has 90 valence electrons. The number of ether oxygens (including phenoxy) is 1. The van der Waals surface area contributed by atoms with Gasteiger partial charge >= 0.3 is 0 Å². The third-order valence-corrected chi connectivity index (χ3v) is 3.08. The minimum Gasteiger partial charge on any atom is -0.489 e. The van der Waals surface area contributed by atoms with Crippen molar-refractivity contribution < 1.29 is 4.74 Å². The van der Waals surface area contributed by atoms with Crippen LogP contribution in [0.4, 0.5) is 0 Å². The van der Waals surface area contributed by atoms with E-state index < -0.39 is 0 Å². The fourth-order valence-electron chi connectivity index (χ4n) is 1.82. The van der Waals surface area contributed by atoms with Crippen molar-refractivity contribution in [2.24, 2.45) is 0 Å². The normalized spacial score (nSPS) is 19.2. The SMILES string of the molecule is CCc1cc(OC2CCNC2)ccc1Cl.Cl. The fraction of sp³-hybridized carbons (Fsp3) is 0.500. The maximum Gasteiger partial charge on any atom is 0.120 e. The van der Waals surface area contributed by atoms with Gasteiger partial charge in [0.2, 0.25) is 0 Å². The highest BCUT2D eigenvalue weighted by atomic mass is 35.5. The Hall–Kier alpha value is -0.440. The molecular weight excluding hydrogens is 245 g/mol. The monoisotopic (exact) mass is 261 g/mol. The van der Waals surface area contributed by atoms with Gasteiger partial charge in [-0.05, 0) is 43.1 Å². The molecule has 1 fully saturated rings. The molecule has 0 aliphatic carbocycles. The third-order valence-electron chi connectivity index (χ3n) is 2.72. The summed E-state index contributed by atoms with van der Waals surface area (Å²) in [6, 6.07) is 5.90. The molecular formula is C12H17Cl2NO. The van der Waals surface area contributed by atoms with Gasteiger partial charge in [-0.3, -0.25) is 0 Å². The van der Waals surface area contributed by atoms with Crippen LogP contribution in [-0.2, 0) is 6.42 Å². The molecule has 0 aromatic heterocycles. The van der Waals surface area contributed by atoms with Crippen LogP contribution in [0.25, 0.3) is 0 Å². The van der Waals surface area contributed by atoms with Gasteiger partial charge in [-0.2, -0.15) is 0 Å². The number of rotatable bonds is 3. The van der Waals surface area contributed by atoms with E-state index >= 15 is 0 Å². The Kier molecular flexibility index (Phi) is 5.39. The molecule has 0 bridgehead atoms. The lowest BCUT2D eigenvalue weighted by Crippen LogP contribution is -2.19. The van der Waals surface area contributed by atoms with Crippen molar-refractivity contribution >= 4 is 24.0 Å². The lowest BCUT2D eigenvalue weighted by molar-refractivity contribution is 0.223. The summed E-state index contributed by atoms with van der Waals surface area (Å²) in [6.07, 6.45) is 2.35. The number of hydrogen-bond donors (Lipinski definition) is 1. The minimum absolute atomic E-state index is 0. The molecule has 1 aromatic rings. The first kappa shape index (κ1) is 13.6. The third kappa shape index (κ3) is 3.27. The smallest absolute Gasteiger partial charge is 0.120 e. The summed E-state index contributed by atoms with van der Waals surface area (Å²) in [5.74, 6) is 0.935. The second kappa shape index (κ2) is 6.33. The number of nitrogens with one attached hydrogen (secondary N) is 1. The van der Waals surface area contributed by atoms with Crippen molar-refractivity contribution in [2.75, 3.05) is 13.1 Å². The van der Waals surface area contributed by atoms with Gasteiger partial charge in [0.05, 0.1) is 0 Å². The topological polar surface area (TPSA) is 21.3 Å². The van der Waals surface area contributed by atoms with Gasteiger partial charge in [-0.15, -0.1) is 12.4 Å². The number of halogens is 2. The molecule has 1 N–H and O–H groups in total. The lowest BCUT2D eigenvalue weighted by Gasteiger charge is -2.13. The zero-order valence-electron chi connectivity index (χ0n) is 9.33. The van der Waals surface area contributed by atoms with Crippen LogP contribution < -0.4 is 10.1 Å². The number of aryl methyl sites for hydroxylation is 1. The number of benzene rings is 1. The maximum absolute atomic E-state index is 6.05. The fourth-order valence-corrected chi connectivity index (χ4v) is 2.07. The summed E-state index contributed by atoms with van der Waals surface area (Å²) in [5, 5.41) is 4.11. The van der Waals surface area contributed by atoms with Gasteiger partial charge in [-0.1, -0.05) is 18.5 Å². The Morgan fingerprint density at radius 1 is 1.50 bits per heavy atom. The van der Waals surface area contributed by atoms with Gasteiger partial charge in [0.25, 0.3) is 0 Å². The summed E-state index contributed by atoms with van der Waals surface area (Å²) in [7, 11) is 0. The Morgan fingerprint density at radius 3 is 2.94 bits per heavy atom. The van der Waals surface area contributed by atoms with Crippen molar-refractivity contribution in [1.82, 2.24) is 5.32 Å². The highest BCUT2D eigenvalue weighted by Crippen LogP contribution is 2.23. The average molecular weight is 262 g/mol. The van der Waals surface area contributed by atoms with Crippen LogP contribution in [0.5, 0.6) is 5.75 Å². The van der Waals surface area contributed by atoms with Crippen molar-refractivity contribution in [1.29, 1.82) is 0 Å². The molecule has 1 aliphatic rings. The van der Waals surface area contributed by atoms with Gasteiger partial charge in [0.1, 0.15) is 11.9 Å². The Morgan fingerprint density at radius 2 is 2.31 bits per heavy atom. The molecule has 1 saturated heterocycles. The highest BCUT2D eigenvalue weighted by Gasteiger charge is 2.15. The standard InChI is InChI=1S/C12H16ClNO.ClH/c1-2-9-7-10(3-4-12(9)13)15-11-5-6-14-8-11;/h3-4,7,11,14H,2,5-6,8H2,1H3;1H. The first-order chi connectivity index (χ1) is 7.29. The van der Waals surface area contributed by atoms with Crippen LogP contribution in [0.15, 0.2) is 18.2 Å². The first-order valence-corrected chi connectivity index (χ1v) is 5.83. The van der Waals surface area contributed by atoms with Crippen LogP contribution in [0, 0.1) is 0 Å². The van der Waals surface area contributed by atoms with Crippen LogP contribution in [0.1, 0.15) is 18.9 Å². The van der Waals surface area contributed by atoms with Crippen molar-refractivity contribution in [3.8, 4) is 5.75 Å². The molecule has 2 nitrogen and oxygen atoms in total. The summed E-state index contributed by atoms with van der Waals surface area (Å²) < 4.78 is 5.85. The van der Waals surface area contributed by atoms with Crippen LogP contribution >= 0.6 is 24.0 Å². The van der Waals surface area contributed by atoms with Crippen molar-refractivity contribution in [2.45, 2.75) is 25.9 Å². The molecule has 2 rings (SSSR count). The van der Waals surface area contributed by atoms with E-state index in [0.717, 1.165) is 42.3 Å². The van der Waals surface area contributed by atoms with Gasteiger partial charge in [-0.25, -0.2) is 0 Å². The molecule has 0 saturated carbocycles. The Balaban J connectivity index is 0.00000128. The molecule has 0 amide bonds. The minimum atomic E-state index is 0. The molecule has 1 unspecified atom stereocenters. The predicted molar refractivity (Wildman–Crippen MR) is 70.0 cm³/mol. The highest BCUT2D eigenvalue weighted by molar-refractivity contribution is 6.31. The molecule has 1 aliphatic heterocycles. The van der Waals surface area contributed by atoms with Gasteiger partial charge < -0.3 is 10.1 Å². The molecule has 1 heterocycles. The second-order valence-corrected chi connectivity index (χ2v) is 4.25. The quantitative estimate of drug-likeness (QED) is 0.903. The summed E-state index contributed by atoms with van der Waals surface area (Å²) in [4.78, 5) is 0. The van der Waals surface area contributed by atoms with E-state index in [-0.39, 0.29) is 12.4 Å². The van der Waals surface area contributed by atoms with E-state index in [2.05, 4.69) is 12.2 Å². The summed E-state index contributed by atoms with van der Waals surface area (Å²) in [6.45, 7) is 4.10. The van der Waals surface area contributed by atoms with Gasteiger partial charge in [0.15, 0.2) is 0 Å². The van der Waals surface area contributed by atoms with Crippen molar-refractivity contribution in [3.05, 3.63) is 28.8 Å². The molecule has 1 atom stereocenters. The first-order valence-electron chi connectivity index (χ1n) is 5.45. The van der Waals surface area contributed by atoms with Crippen LogP contribution in [-0.4, -0.2) is 19.2 Å². The second-order valence-electron chi connectivity index (χ2n) is 3.84. The summed E-state index contributed by atoms with van der Waals surface area (Å²) in [5.41, 5.74) is 1.15. The Labute approximate surface area is 108 Å². The van der Waals surface area contributed by atoms with E-state index in [1.165, 1.54) is 0 Å². The molecule has 0 spiro atoms. The maximum atomic E-state index is 6.05. The lowest BCUT2D eigenvalue weighted by atomic mass is 10.1. The molecule has 4 heteroatoms. The van der Waals surface area contributed by atoms with Crippen LogP contribution in [0.2, 0.25) is 5.02 Å². The van der Waals surface area contributed by atoms with E-state index in [4.69, 9.17) is 16.3 Å². The number of hydrogen-bond acceptors (Lipinski definition) is 2.